The summed E-state index contributed by atoms with van der Waals surface area (Å²) < 4.78 is 0. The van der Waals surface area contributed by atoms with E-state index in [1.165, 1.54) is 96.0 Å². The average Bonchev–Trinajstić information content (AvgIpc) is 3.55. The largest absolute Gasteiger partial charge is 0.300 e. The quantitative estimate of drug-likeness (QED) is 0.531. The Hall–Kier alpha value is -1.19. The molecule has 0 amide bonds. The standard InChI is InChI=1S/C28H42N2O/c31-28(26-13-11-24(12-14-26)23-5-1-2-6-23)25-9-7-22(8-10-25)21-29-19-15-27(16-20-29)30-17-3-4-18-30/h7-10,23-24,26-27H,1-6,11-21H2. The molecule has 31 heavy (non-hydrogen) atoms. The minimum atomic E-state index is 0.271. The lowest BCUT2D eigenvalue weighted by atomic mass is 9.73. The van der Waals surface area contributed by atoms with Crippen molar-refractivity contribution in [1.29, 1.82) is 0 Å². The van der Waals surface area contributed by atoms with Crippen LogP contribution in [0.1, 0.15) is 93.0 Å². The monoisotopic (exact) mass is 422 g/mol. The van der Waals surface area contributed by atoms with Crippen molar-refractivity contribution in [2.75, 3.05) is 26.2 Å². The molecule has 0 atom stereocenters. The molecule has 5 rings (SSSR count). The van der Waals surface area contributed by atoms with E-state index in [-0.39, 0.29) is 5.92 Å². The molecule has 0 N–H and O–H groups in total. The molecule has 170 valence electrons. The highest BCUT2D eigenvalue weighted by molar-refractivity contribution is 5.97. The summed E-state index contributed by atoms with van der Waals surface area (Å²) >= 11 is 0. The minimum Gasteiger partial charge on any atom is -0.300 e. The zero-order chi connectivity index (χ0) is 21.0. The summed E-state index contributed by atoms with van der Waals surface area (Å²) in [5.41, 5.74) is 2.31. The van der Waals surface area contributed by atoms with Gasteiger partial charge in [0.05, 0.1) is 0 Å². The molecule has 0 bridgehead atoms. The van der Waals surface area contributed by atoms with E-state index in [0.29, 0.717) is 5.78 Å². The van der Waals surface area contributed by atoms with Crippen molar-refractivity contribution in [2.45, 2.75) is 89.6 Å². The van der Waals surface area contributed by atoms with Gasteiger partial charge in [0.15, 0.2) is 5.78 Å². The van der Waals surface area contributed by atoms with Gasteiger partial charge in [-0.3, -0.25) is 9.69 Å². The van der Waals surface area contributed by atoms with Crippen LogP contribution in [0.15, 0.2) is 24.3 Å². The molecule has 2 heterocycles. The average molecular weight is 423 g/mol. The molecule has 4 fully saturated rings. The van der Waals surface area contributed by atoms with Crippen LogP contribution in [0.25, 0.3) is 0 Å². The third-order valence-corrected chi connectivity index (χ3v) is 9.07. The molecule has 3 nitrogen and oxygen atoms in total. The maximum atomic E-state index is 13.1. The van der Waals surface area contributed by atoms with E-state index in [1.807, 2.05) is 0 Å². The van der Waals surface area contributed by atoms with Crippen LogP contribution in [-0.2, 0) is 6.54 Å². The summed E-state index contributed by atoms with van der Waals surface area (Å²) in [7, 11) is 0. The first-order valence-corrected chi connectivity index (χ1v) is 13.4. The van der Waals surface area contributed by atoms with Crippen LogP contribution in [0.2, 0.25) is 0 Å². The second kappa shape index (κ2) is 10.2. The number of carbonyl (C=O) groups excluding carboxylic acids is 1. The number of ketones is 1. The molecular weight excluding hydrogens is 380 g/mol. The highest BCUT2D eigenvalue weighted by Crippen LogP contribution is 2.41. The molecular formula is C28H42N2O. The first-order valence-electron chi connectivity index (χ1n) is 13.4. The lowest BCUT2D eigenvalue weighted by molar-refractivity contribution is 0.0853. The van der Waals surface area contributed by atoms with Crippen molar-refractivity contribution >= 4 is 5.78 Å². The third-order valence-electron chi connectivity index (χ3n) is 9.07. The SMILES string of the molecule is O=C(c1ccc(CN2CCC(N3CCCC3)CC2)cc1)C1CCC(C2CCCC2)CC1. The molecule has 2 saturated carbocycles. The second-order valence-corrected chi connectivity index (χ2v) is 11.0. The smallest absolute Gasteiger partial charge is 0.165 e. The predicted molar refractivity (Wildman–Crippen MR) is 127 cm³/mol. The Labute approximate surface area is 189 Å². The third kappa shape index (κ3) is 5.25. The molecule has 1 aromatic carbocycles. The number of hydrogen-bond donors (Lipinski definition) is 0. The molecule has 0 radical (unpaired) electrons. The van der Waals surface area contributed by atoms with Gasteiger partial charge in [-0.15, -0.1) is 0 Å². The minimum absolute atomic E-state index is 0.271. The summed E-state index contributed by atoms with van der Waals surface area (Å²) in [4.78, 5) is 18.4. The number of benzene rings is 1. The number of Topliss-reactive ketones (excluding diaryl/α,β-unsaturated/α-hetero) is 1. The van der Waals surface area contributed by atoms with E-state index in [4.69, 9.17) is 0 Å². The van der Waals surface area contributed by atoms with Gasteiger partial charge in [0, 0.05) is 24.1 Å². The molecule has 0 aromatic heterocycles. The number of rotatable bonds is 6. The highest BCUT2D eigenvalue weighted by Gasteiger charge is 2.32. The van der Waals surface area contributed by atoms with Gasteiger partial charge < -0.3 is 4.90 Å². The van der Waals surface area contributed by atoms with E-state index in [2.05, 4.69) is 34.1 Å². The van der Waals surface area contributed by atoms with Gasteiger partial charge in [0.25, 0.3) is 0 Å². The van der Waals surface area contributed by atoms with Gasteiger partial charge in [-0.1, -0.05) is 49.9 Å². The number of piperidine rings is 1. The Kier molecular flexibility index (Phi) is 7.10. The Bertz CT molecular complexity index is 701. The van der Waals surface area contributed by atoms with E-state index in [9.17, 15) is 4.79 Å². The molecule has 4 aliphatic rings. The van der Waals surface area contributed by atoms with Crippen LogP contribution >= 0.6 is 0 Å². The number of carbonyl (C=O) groups is 1. The van der Waals surface area contributed by atoms with Gasteiger partial charge in [-0.25, -0.2) is 0 Å². The fraction of sp³-hybridized carbons (Fsp3) is 0.750. The van der Waals surface area contributed by atoms with Crippen LogP contribution in [0.4, 0.5) is 0 Å². The Morgan fingerprint density at radius 1 is 0.710 bits per heavy atom. The molecule has 2 saturated heterocycles. The van der Waals surface area contributed by atoms with E-state index < -0.39 is 0 Å². The fourth-order valence-corrected chi connectivity index (χ4v) is 7.10. The molecule has 2 aliphatic carbocycles. The van der Waals surface area contributed by atoms with Gasteiger partial charge >= 0.3 is 0 Å². The van der Waals surface area contributed by atoms with Crippen molar-refractivity contribution in [3.63, 3.8) is 0 Å². The van der Waals surface area contributed by atoms with Crippen molar-refractivity contribution < 1.29 is 4.79 Å². The molecule has 0 unspecified atom stereocenters. The summed E-state index contributed by atoms with van der Waals surface area (Å²) in [5.74, 6) is 2.55. The first-order chi connectivity index (χ1) is 15.3. The predicted octanol–water partition coefficient (Wildman–Crippen LogP) is 5.93. The normalized spacial score (nSPS) is 29.5. The van der Waals surface area contributed by atoms with Crippen LogP contribution in [-0.4, -0.2) is 47.8 Å². The van der Waals surface area contributed by atoms with Crippen LogP contribution in [0.5, 0.6) is 0 Å². The maximum Gasteiger partial charge on any atom is 0.165 e. The zero-order valence-corrected chi connectivity index (χ0v) is 19.4. The van der Waals surface area contributed by atoms with Gasteiger partial charge in [0.2, 0.25) is 0 Å². The fourth-order valence-electron chi connectivity index (χ4n) is 7.10. The molecule has 0 spiro atoms. The van der Waals surface area contributed by atoms with E-state index in [1.54, 1.807) is 0 Å². The van der Waals surface area contributed by atoms with Crippen LogP contribution in [0, 0.1) is 17.8 Å². The Balaban J connectivity index is 1.08. The maximum absolute atomic E-state index is 13.1. The summed E-state index contributed by atoms with van der Waals surface area (Å²) in [5, 5.41) is 0. The van der Waals surface area contributed by atoms with Crippen molar-refractivity contribution in [3.8, 4) is 0 Å². The Morgan fingerprint density at radius 3 is 1.97 bits per heavy atom. The Morgan fingerprint density at radius 2 is 1.32 bits per heavy atom. The van der Waals surface area contributed by atoms with E-state index in [0.717, 1.165) is 42.8 Å². The van der Waals surface area contributed by atoms with Gasteiger partial charge in [0.1, 0.15) is 0 Å². The van der Waals surface area contributed by atoms with Crippen LogP contribution in [0.3, 0.4) is 0 Å². The first kappa shape index (κ1) is 21.6. The molecule has 2 aliphatic heterocycles. The number of hydrogen-bond acceptors (Lipinski definition) is 3. The lowest BCUT2D eigenvalue weighted by Gasteiger charge is -2.36. The van der Waals surface area contributed by atoms with Gasteiger partial charge in [-0.2, -0.15) is 0 Å². The second-order valence-electron chi connectivity index (χ2n) is 11.0. The van der Waals surface area contributed by atoms with Gasteiger partial charge in [-0.05, 0) is 94.9 Å². The van der Waals surface area contributed by atoms with Crippen LogP contribution < -0.4 is 0 Å². The van der Waals surface area contributed by atoms with Crippen molar-refractivity contribution in [2.24, 2.45) is 17.8 Å². The van der Waals surface area contributed by atoms with Crippen molar-refractivity contribution in [3.05, 3.63) is 35.4 Å². The highest BCUT2D eigenvalue weighted by atomic mass is 16.1. The summed E-state index contributed by atoms with van der Waals surface area (Å²) in [6.45, 7) is 6.11. The topological polar surface area (TPSA) is 23.6 Å². The molecule has 3 heteroatoms. The molecule has 1 aromatic rings. The zero-order valence-electron chi connectivity index (χ0n) is 19.4. The lowest BCUT2D eigenvalue weighted by Crippen LogP contribution is -2.43. The number of likely N-dealkylation sites (tertiary alicyclic amines) is 2. The number of nitrogens with zero attached hydrogens (tertiary/aromatic N) is 2. The summed E-state index contributed by atoms with van der Waals surface area (Å²) in [6.07, 6.45) is 16.0. The van der Waals surface area contributed by atoms with E-state index >= 15 is 0 Å². The summed E-state index contributed by atoms with van der Waals surface area (Å²) in [6, 6.07) is 9.46. The van der Waals surface area contributed by atoms with Crippen molar-refractivity contribution in [1.82, 2.24) is 9.80 Å².